The highest BCUT2D eigenvalue weighted by Gasteiger charge is 2.03. The lowest BCUT2D eigenvalue weighted by atomic mass is 10.1. The van der Waals surface area contributed by atoms with Crippen LogP contribution in [-0.2, 0) is 16.0 Å². The maximum absolute atomic E-state index is 11.8. The predicted molar refractivity (Wildman–Crippen MR) is 95.9 cm³/mol. The van der Waals surface area contributed by atoms with Gasteiger partial charge in [-0.25, -0.2) is 0 Å². The molecule has 0 saturated carbocycles. The van der Waals surface area contributed by atoms with Gasteiger partial charge in [-0.05, 0) is 48.4 Å². The molecule has 2 aromatic carbocycles. The molecule has 0 atom stereocenters. The Morgan fingerprint density at radius 1 is 0.960 bits per heavy atom. The zero-order valence-electron chi connectivity index (χ0n) is 14.4. The number of nitrogens with one attached hydrogen (secondary N) is 2. The third-order valence-corrected chi connectivity index (χ3v) is 3.44. The minimum Gasteiger partial charge on any atom is -0.497 e. The molecular formula is C19H22N2O4. The highest BCUT2D eigenvalue weighted by atomic mass is 16.5. The molecule has 0 aromatic heterocycles. The van der Waals surface area contributed by atoms with Crippen molar-refractivity contribution in [3.05, 3.63) is 54.1 Å². The Bertz CT molecular complexity index is 696. The number of amides is 2. The summed E-state index contributed by atoms with van der Waals surface area (Å²) in [5, 5.41) is 5.48. The Labute approximate surface area is 147 Å². The average Bonchev–Trinajstić information content (AvgIpc) is 2.61. The zero-order valence-corrected chi connectivity index (χ0v) is 14.4. The van der Waals surface area contributed by atoms with Crippen LogP contribution in [0.15, 0.2) is 48.5 Å². The molecule has 0 unspecified atom stereocenters. The van der Waals surface area contributed by atoms with E-state index in [9.17, 15) is 9.59 Å². The van der Waals surface area contributed by atoms with E-state index in [1.54, 1.807) is 31.4 Å². The topological polar surface area (TPSA) is 76.7 Å². The van der Waals surface area contributed by atoms with E-state index in [1.807, 2.05) is 24.3 Å². The molecule has 0 radical (unpaired) electrons. The van der Waals surface area contributed by atoms with Gasteiger partial charge in [0.25, 0.3) is 5.91 Å². The van der Waals surface area contributed by atoms with Crippen molar-refractivity contribution in [2.24, 2.45) is 0 Å². The van der Waals surface area contributed by atoms with Gasteiger partial charge in [0.05, 0.1) is 7.11 Å². The van der Waals surface area contributed by atoms with Crippen molar-refractivity contribution in [1.29, 1.82) is 0 Å². The molecule has 25 heavy (non-hydrogen) atoms. The van der Waals surface area contributed by atoms with Crippen molar-refractivity contribution >= 4 is 17.5 Å². The minimum atomic E-state index is -0.181. The van der Waals surface area contributed by atoms with Crippen LogP contribution < -0.4 is 20.1 Å². The standard InChI is InChI=1S/C19H22N2O4/c1-14(22)21-16-5-9-18(10-6-16)25-13-19(23)20-12-11-15-3-7-17(24-2)8-4-15/h3-10H,11-13H2,1-2H3,(H,20,23)(H,21,22). The molecular weight excluding hydrogens is 320 g/mol. The lowest BCUT2D eigenvalue weighted by Crippen LogP contribution is -2.30. The maximum atomic E-state index is 11.8. The third kappa shape index (κ3) is 6.55. The SMILES string of the molecule is COc1ccc(CCNC(=O)COc2ccc(NC(C)=O)cc2)cc1. The van der Waals surface area contributed by atoms with Gasteiger partial charge in [0.1, 0.15) is 11.5 Å². The number of anilines is 1. The van der Waals surface area contributed by atoms with E-state index in [1.165, 1.54) is 6.92 Å². The molecule has 0 aliphatic heterocycles. The van der Waals surface area contributed by atoms with Crippen molar-refractivity contribution in [1.82, 2.24) is 5.32 Å². The van der Waals surface area contributed by atoms with Crippen LogP contribution >= 0.6 is 0 Å². The van der Waals surface area contributed by atoms with Crippen LogP contribution in [0.5, 0.6) is 11.5 Å². The summed E-state index contributed by atoms with van der Waals surface area (Å²) in [6, 6.07) is 14.6. The molecule has 2 aromatic rings. The van der Waals surface area contributed by atoms with E-state index in [2.05, 4.69) is 10.6 Å². The number of methoxy groups -OCH3 is 1. The fourth-order valence-electron chi connectivity index (χ4n) is 2.18. The van der Waals surface area contributed by atoms with Crippen LogP contribution in [-0.4, -0.2) is 32.1 Å². The molecule has 2 rings (SSSR count). The summed E-state index contributed by atoms with van der Waals surface area (Å²) in [5.74, 6) is 1.06. The first-order chi connectivity index (χ1) is 12.1. The van der Waals surface area contributed by atoms with Crippen LogP contribution in [0.4, 0.5) is 5.69 Å². The van der Waals surface area contributed by atoms with Gasteiger partial charge in [-0.15, -0.1) is 0 Å². The lowest BCUT2D eigenvalue weighted by molar-refractivity contribution is -0.123. The summed E-state index contributed by atoms with van der Waals surface area (Å²) in [7, 11) is 1.63. The molecule has 2 N–H and O–H groups in total. The van der Waals surface area contributed by atoms with Crippen LogP contribution in [0.25, 0.3) is 0 Å². The highest BCUT2D eigenvalue weighted by molar-refractivity contribution is 5.88. The summed E-state index contributed by atoms with van der Waals surface area (Å²) in [6.07, 6.45) is 0.737. The quantitative estimate of drug-likeness (QED) is 0.772. The molecule has 6 nitrogen and oxygen atoms in total. The van der Waals surface area contributed by atoms with Gasteiger partial charge in [0.2, 0.25) is 5.91 Å². The monoisotopic (exact) mass is 342 g/mol. The first-order valence-corrected chi connectivity index (χ1v) is 7.97. The molecule has 132 valence electrons. The van der Waals surface area contributed by atoms with Gasteiger partial charge in [0.15, 0.2) is 6.61 Å². The van der Waals surface area contributed by atoms with Crippen molar-refractivity contribution in [2.45, 2.75) is 13.3 Å². The molecule has 0 aliphatic rings. The summed E-state index contributed by atoms with van der Waals surface area (Å²) in [5.41, 5.74) is 1.80. The van der Waals surface area contributed by atoms with Crippen LogP contribution in [0.1, 0.15) is 12.5 Å². The van der Waals surface area contributed by atoms with Crippen molar-refractivity contribution in [3.8, 4) is 11.5 Å². The van der Waals surface area contributed by atoms with Crippen LogP contribution in [0.2, 0.25) is 0 Å². The molecule has 0 bridgehead atoms. The second-order valence-electron chi connectivity index (χ2n) is 5.44. The van der Waals surface area contributed by atoms with E-state index < -0.39 is 0 Å². The van der Waals surface area contributed by atoms with E-state index >= 15 is 0 Å². The van der Waals surface area contributed by atoms with Gasteiger partial charge >= 0.3 is 0 Å². The van der Waals surface area contributed by atoms with E-state index in [0.29, 0.717) is 18.0 Å². The number of ether oxygens (including phenoxy) is 2. The second kappa shape index (κ2) is 9.32. The number of hydrogen-bond acceptors (Lipinski definition) is 4. The number of carbonyl (C=O) groups is 2. The Balaban J connectivity index is 1.68. The molecule has 2 amide bonds. The van der Waals surface area contributed by atoms with Gasteiger partial charge in [-0.1, -0.05) is 12.1 Å². The normalized spacial score (nSPS) is 10.0. The Hall–Kier alpha value is -3.02. The fraction of sp³-hybridized carbons (Fsp3) is 0.263. The van der Waals surface area contributed by atoms with Crippen molar-refractivity contribution in [3.63, 3.8) is 0 Å². The van der Waals surface area contributed by atoms with E-state index in [-0.39, 0.29) is 18.4 Å². The summed E-state index contributed by atoms with van der Waals surface area (Å²) >= 11 is 0. The largest absolute Gasteiger partial charge is 0.497 e. The predicted octanol–water partition coefficient (Wildman–Crippen LogP) is 2.39. The summed E-state index contributed by atoms with van der Waals surface area (Å²) in [4.78, 5) is 22.8. The molecule has 0 aliphatic carbocycles. The number of rotatable bonds is 8. The molecule has 0 saturated heterocycles. The highest BCUT2D eigenvalue weighted by Crippen LogP contribution is 2.15. The van der Waals surface area contributed by atoms with E-state index in [0.717, 1.165) is 17.7 Å². The second-order valence-corrected chi connectivity index (χ2v) is 5.44. The summed E-state index contributed by atoms with van der Waals surface area (Å²) in [6.45, 7) is 1.93. The maximum Gasteiger partial charge on any atom is 0.257 e. The minimum absolute atomic E-state index is 0.0535. The van der Waals surface area contributed by atoms with Gasteiger partial charge in [-0.2, -0.15) is 0 Å². The van der Waals surface area contributed by atoms with Gasteiger partial charge in [-0.3, -0.25) is 9.59 Å². The Kier molecular flexibility index (Phi) is 6.83. The number of carbonyl (C=O) groups excluding carboxylic acids is 2. The van der Waals surface area contributed by atoms with Crippen molar-refractivity contribution in [2.75, 3.05) is 25.6 Å². The molecule has 6 heteroatoms. The fourth-order valence-corrected chi connectivity index (χ4v) is 2.18. The molecule has 0 spiro atoms. The number of benzene rings is 2. The van der Waals surface area contributed by atoms with Gasteiger partial charge in [0, 0.05) is 19.2 Å². The van der Waals surface area contributed by atoms with E-state index in [4.69, 9.17) is 9.47 Å². The Morgan fingerprint density at radius 3 is 2.20 bits per heavy atom. The lowest BCUT2D eigenvalue weighted by Gasteiger charge is -2.09. The molecule has 0 heterocycles. The summed E-state index contributed by atoms with van der Waals surface area (Å²) < 4.78 is 10.5. The number of hydrogen-bond donors (Lipinski definition) is 2. The average molecular weight is 342 g/mol. The smallest absolute Gasteiger partial charge is 0.257 e. The van der Waals surface area contributed by atoms with Gasteiger partial charge < -0.3 is 20.1 Å². The van der Waals surface area contributed by atoms with Crippen molar-refractivity contribution < 1.29 is 19.1 Å². The first kappa shape index (κ1) is 18.3. The van der Waals surface area contributed by atoms with Crippen LogP contribution in [0.3, 0.4) is 0 Å². The third-order valence-electron chi connectivity index (χ3n) is 3.44. The Morgan fingerprint density at radius 2 is 1.60 bits per heavy atom. The first-order valence-electron chi connectivity index (χ1n) is 7.97. The molecule has 0 fully saturated rings. The van der Waals surface area contributed by atoms with Crippen LogP contribution in [0, 0.1) is 0 Å². The zero-order chi connectivity index (χ0) is 18.1.